The lowest BCUT2D eigenvalue weighted by atomic mass is 9.86. The van der Waals surface area contributed by atoms with Gasteiger partial charge in [-0.15, -0.1) is 11.5 Å². The summed E-state index contributed by atoms with van der Waals surface area (Å²) >= 11 is 0. The molecule has 3 saturated heterocycles. The van der Waals surface area contributed by atoms with Crippen molar-refractivity contribution in [2.75, 3.05) is 19.6 Å². The summed E-state index contributed by atoms with van der Waals surface area (Å²) in [5, 5.41) is 7.83. The molecule has 0 spiro atoms. The Morgan fingerprint density at radius 1 is 1.22 bits per heavy atom. The highest BCUT2D eigenvalue weighted by molar-refractivity contribution is 5.75. The molecule has 0 amide bonds. The van der Waals surface area contributed by atoms with E-state index < -0.39 is 0 Å². The predicted octanol–water partition coefficient (Wildman–Crippen LogP) is 1.99. The van der Waals surface area contributed by atoms with Crippen molar-refractivity contribution in [3.63, 3.8) is 0 Å². The molecule has 5 aliphatic rings. The Bertz CT molecular complexity index is 729. The third-order valence-electron chi connectivity index (χ3n) is 4.67. The van der Waals surface area contributed by atoms with Gasteiger partial charge in [0.05, 0.1) is 17.5 Å². The van der Waals surface area contributed by atoms with Gasteiger partial charge in [0.25, 0.3) is 0 Å². The predicted molar refractivity (Wildman–Crippen MR) is 86.8 cm³/mol. The summed E-state index contributed by atoms with van der Waals surface area (Å²) in [7, 11) is 0. The normalized spacial score (nSPS) is 25.8. The monoisotopic (exact) mass is 306 g/mol. The molecule has 4 aliphatic heterocycles. The third-order valence-corrected chi connectivity index (χ3v) is 4.67. The van der Waals surface area contributed by atoms with Crippen LogP contribution in [0, 0.1) is 18.3 Å². The number of hydrogen-bond donors (Lipinski definition) is 0. The van der Waals surface area contributed by atoms with Gasteiger partial charge in [0.15, 0.2) is 0 Å². The molecule has 5 heterocycles. The Morgan fingerprint density at radius 3 is 2.61 bits per heavy atom. The number of pyridine rings is 1. The van der Waals surface area contributed by atoms with Crippen molar-refractivity contribution in [1.29, 1.82) is 0 Å². The molecule has 2 bridgehead atoms. The molecule has 0 N–H and O–H groups in total. The van der Waals surface area contributed by atoms with Gasteiger partial charge in [-0.05, 0) is 50.0 Å². The lowest BCUT2D eigenvalue weighted by Crippen LogP contribution is -2.52. The molecule has 0 saturated carbocycles. The van der Waals surface area contributed by atoms with E-state index in [-0.39, 0.29) is 6.10 Å². The van der Waals surface area contributed by atoms with E-state index in [9.17, 15) is 0 Å². The van der Waals surface area contributed by atoms with Crippen LogP contribution in [0.25, 0.3) is 11.3 Å². The summed E-state index contributed by atoms with van der Waals surface area (Å²) in [6.07, 6.45) is 11.5. The minimum absolute atomic E-state index is 0.223. The Hall–Kier alpha value is -2.45. The standard InChI is InChI=1S/C13H15N3O.C5H3N/c1-2-10-3-6-14-15-13(10)17-12-9-16-7-4-11(12)5-8-16;1-2-6-5-3-4(1)5/h1,3,6,11-12H,4-5,7-9H2;1-3H. The number of terminal acetylenes is 1. The molecule has 1 aromatic rings. The molecule has 5 heteroatoms. The first-order chi connectivity index (χ1) is 11.3. The van der Waals surface area contributed by atoms with Crippen LogP contribution in [0.1, 0.15) is 18.4 Å². The molecular formula is C18H18N4O. The molecule has 116 valence electrons. The maximum Gasteiger partial charge on any atom is 0.249 e. The molecule has 0 radical (unpaired) electrons. The van der Waals surface area contributed by atoms with Gasteiger partial charge in [0.1, 0.15) is 6.10 Å². The van der Waals surface area contributed by atoms with Gasteiger partial charge in [-0.3, -0.25) is 9.88 Å². The van der Waals surface area contributed by atoms with E-state index in [4.69, 9.17) is 11.2 Å². The van der Waals surface area contributed by atoms with E-state index in [0.29, 0.717) is 17.4 Å². The Kier molecular flexibility index (Phi) is 3.68. The van der Waals surface area contributed by atoms with Crippen LogP contribution >= 0.6 is 0 Å². The maximum absolute atomic E-state index is 5.95. The number of fused-ring (bicyclic) bond motifs is 4. The van der Waals surface area contributed by atoms with E-state index in [0.717, 1.165) is 6.54 Å². The number of hydrogen-bond acceptors (Lipinski definition) is 5. The molecule has 0 aromatic carbocycles. The van der Waals surface area contributed by atoms with Crippen LogP contribution in [0.3, 0.4) is 0 Å². The van der Waals surface area contributed by atoms with Crippen LogP contribution in [0.2, 0.25) is 0 Å². The van der Waals surface area contributed by atoms with E-state index in [1.54, 1.807) is 12.3 Å². The summed E-state index contributed by atoms with van der Waals surface area (Å²) in [6.45, 7) is 3.39. The zero-order valence-electron chi connectivity index (χ0n) is 12.9. The molecule has 5 nitrogen and oxygen atoms in total. The van der Waals surface area contributed by atoms with Crippen molar-refractivity contribution in [1.82, 2.24) is 20.1 Å². The number of piperidine rings is 3. The topological polar surface area (TPSA) is 51.1 Å². The van der Waals surface area contributed by atoms with Crippen molar-refractivity contribution in [2.45, 2.75) is 18.9 Å². The molecular weight excluding hydrogens is 288 g/mol. The molecule has 1 aliphatic carbocycles. The second-order valence-electron chi connectivity index (χ2n) is 6.12. The zero-order valence-corrected chi connectivity index (χ0v) is 12.9. The van der Waals surface area contributed by atoms with Crippen molar-refractivity contribution in [3.05, 3.63) is 36.2 Å². The van der Waals surface area contributed by atoms with E-state index in [1.165, 1.54) is 37.2 Å². The van der Waals surface area contributed by atoms with Crippen molar-refractivity contribution >= 4 is 0 Å². The quantitative estimate of drug-likeness (QED) is 0.678. The van der Waals surface area contributed by atoms with Gasteiger partial charge < -0.3 is 4.74 Å². The second-order valence-corrected chi connectivity index (χ2v) is 6.12. The fraction of sp³-hybridized carbons (Fsp3) is 0.389. The van der Waals surface area contributed by atoms with E-state index in [1.807, 2.05) is 12.3 Å². The summed E-state index contributed by atoms with van der Waals surface area (Å²) in [5.74, 6) is 3.74. The van der Waals surface area contributed by atoms with Crippen LogP contribution in [-0.2, 0) is 0 Å². The molecule has 1 aromatic heterocycles. The molecule has 23 heavy (non-hydrogen) atoms. The fourth-order valence-corrected chi connectivity index (χ4v) is 3.26. The molecule has 1 atom stereocenters. The first-order valence-electron chi connectivity index (χ1n) is 7.97. The Balaban J connectivity index is 0.000000186. The van der Waals surface area contributed by atoms with Gasteiger partial charge >= 0.3 is 0 Å². The number of nitrogens with zero attached hydrogens (tertiary/aromatic N) is 4. The van der Waals surface area contributed by atoms with Crippen LogP contribution in [0.5, 0.6) is 5.88 Å². The maximum atomic E-state index is 5.95. The first-order valence-corrected chi connectivity index (χ1v) is 7.97. The minimum atomic E-state index is 0.223. The number of ether oxygens (including phenoxy) is 1. The Labute approximate surface area is 135 Å². The largest absolute Gasteiger partial charge is 0.471 e. The van der Waals surface area contributed by atoms with Crippen LogP contribution in [0.4, 0.5) is 0 Å². The minimum Gasteiger partial charge on any atom is -0.471 e. The fourth-order valence-electron chi connectivity index (χ4n) is 3.26. The van der Waals surface area contributed by atoms with Gasteiger partial charge in [-0.1, -0.05) is 5.92 Å². The average molecular weight is 306 g/mol. The van der Waals surface area contributed by atoms with Crippen LogP contribution in [-0.4, -0.2) is 45.8 Å². The van der Waals surface area contributed by atoms with Gasteiger partial charge in [0.2, 0.25) is 5.88 Å². The highest BCUT2D eigenvalue weighted by atomic mass is 16.5. The summed E-state index contributed by atoms with van der Waals surface area (Å²) in [6, 6.07) is 5.83. The van der Waals surface area contributed by atoms with Gasteiger partial charge in [0, 0.05) is 18.3 Å². The van der Waals surface area contributed by atoms with Crippen LogP contribution < -0.4 is 4.74 Å². The van der Waals surface area contributed by atoms with Crippen LogP contribution in [0.15, 0.2) is 30.6 Å². The third kappa shape index (κ3) is 3.03. The van der Waals surface area contributed by atoms with Gasteiger partial charge in [-0.2, -0.15) is 5.10 Å². The lowest BCUT2D eigenvalue weighted by molar-refractivity contribution is -0.0105. The highest BCUT2D eigenvalue weighted by Gasteiger charge is 2.36. The second kappa shape index (κ2) is 5.98. The highest BCUT2D eigenvalue weighted by Crippen LogP contribution is 2.31. The summed E-state index contributed by atoms with van der Waals surface area (Å²) in [5.41, 5.74) is 3.18. The molecule has 6 rings (SSSR count). The van der Waals surface area contributed by atoms with Crippen molar-refractivity contribution in [3.8, 4) is 29.5 Å². The molecule has 3 fully saturated rings. The lowest BCUT2D eigenvalue weighted by Gasteiger charge is -2.44. The SMILES string of the molecule is C#Cc1ccnnc1OC1CN2CCC1CC2.c1cc2cc-2n1. The smallest absolute Gasteiger partial charge is 0.249 e. The van der Waals surface area contributed by atoms with Gasteiger partial charge in [-0.25, -0.2) is 0 Å². The number of aromatic nitrogens is 3. The van der Waals surface area contributed by atoms with E-state index in [2.05, 4.69) is 32.1 Å². The zero-order chi connectivity index (χ0) is 15.6. The summed E-state index contributed by atoms with van der Waals surface area (Å²) < 4.78 is 5.95. The van der Waals surface area contributed by atoms with Crippen molar-refractivity contribution in [2.24, 2.45) is 5.92 Å². The van der Waals surface area contributed by atoms with Crippen molar-refractivity contribution < 1.29 is 4.74 Å². The first kappa shape index (κ1) is 14.2. The number of rotatable bonds is 2. The summed E-state index contributed by atoms with van der Waals surface area (Å²) in [4.78, 5) is 6.39. The average Bonchev–Trinajstić information content (AvgIpc) is 3.22. The Morgan fingerprint density at radius 2 is 2.09 bits per heavy atom. The van der Waals surface area contributed by atoms with E-state index >= 15 is 0 Å². The molecule has 1 unspecified atom stereocenters.